The summed E-state index contributed by atoms with van der Waals surface area (Å²) >= 11 is 7.04. The van der Waals surface area contributed by atoms with Gasteiger partial charge in [0.25, 0.3) is 6.43 Å². The van der Waals surface area contributed by atoms with Crippen molar-refractivity contribution in [3.63, 3.8) is 0 Å². The smallest absolute Gasteiger partial charge is 0.281 e. The third-order valence-corrected chi connectivity index (χ3v) is 2.24. The summed E-state index contributed by atoms with van der Waals surface area (Å²) in [5.74, 6) is -0.190. The van der Waals surface area contributed by atoms with Crippen molar-refractivity contribution in [2.45, 2.75) is 6.43 Å². The highest BCUT2D eigenvalue weighted by atomic mass is 127. The Morgan fingerprint density at radius 2 is 2.17 bits per heavy atom. The first kappa shape index (κ1) is 9.91. The average Bonchev–Trinajstić information content (AvgIpc) is 1.96. The van der Waals surface area contributed by atoms with Crippen molar-refractivity contribution >= 4 is 34.2 Å². The van der Waals surface area contributed by atoms with E-state index in [9.17, 15) is 8.78 Å². The van der Waals surface area contributed by atoms with E-state index < -0.39 is 12.1 Å². The summed E-state index contributed by atoms with van der Waals surface area (Å²) in [5.41, 5.74) is -0.501. The van der Waals surface area contributed by atoms with E-state index in [2.05, 4.69) is 4.98 Å². The summed E-state index contributed by atoms with van der Waals surface area (Å²) in [5, 5.41) is 8.79. The van der Waals surface area contributed by atoms with Gasteiger partial charge in [0.2, 0.25) is 0 Å². The lowest BCUT2D eigenvalue weighted by Gasteiger charge is -2.03. The lowest BCUT2D eigenvalue weighted by atomic mass is 10.3. The van der Waals surface area contributed by atoms with E-state index in [-0.39, 0.29) is 14.5 Å². The van der Waals surface area contributed by atoms with Gasteiger partial charge in [0, 0.05) is 6.07 Å². The van der Waals surface area contributed by atoms with Gasteiger partial charge in [0.15, 0.2) is 0 Å². The predicted molar refractivity (Wildman–Crippen MR) is 48.6 cm³/mol. The number of hydrogen-bond donors (Lipinski definition) is 1. The first-order chi connectivity index (χ1) is 5.52. The van der Waals surface area contributed by atoms with Gasteiger partial charge in [-0.25, -0.2) is 13.8 Å². The van der Waals surface area contributed by atoms with E-state index in [1.807, 2.05) is 0 Å². The van der Waals surface area contributed by atoms with Crippen LogP contribution in [0.15, 0.2) is 6.07 Å². The van der Waals surface area contributed by atoms with Gasteiger partial charge in [-0.05, 0) is 22.6 Å². The lowest BCUT2D eigenvalue weighted by molar-refractivity contribution is 0.146. The lowest BCUT2D eigenvalue weighted by Crippen LogP contribution is -1.94. The third kappa shape index (κ3) is 1.95. The zero-order chi connectivity index (χ0) is 9.30. The molecule has 0 unspecified atom stereocenters. The summed E-state index contributed by atoms with van der Waals surface area (Å²) in [6, 6.07) is 1.05. The highest BCUT2D eigenvalue weighted by molar-refractivity contribution is 14.1. The molecule has 1 rings (SSSR count). The second-order valence-electron chi connectivity index (χ2n) is 1.97. The quantitative estimate of drug-likeness (QED) is 0.639. The Labute approximate surface area is 85.7 Å². The Morgan fingerprint density at radius 1 is 1.58 bits per heavy atom. The van der Waals surface area contributed by atoms with Gasteiger partial charge in [-0.1, -0.05) is 11.6 Å². The topological polar surface area (TPSA) is 33.1 Å². The monoisotopic (exact) mass is 305 g/mol. The van der Waals surface area contributed by atoms with Gasteiger partial charge in [-0.3, -0.25) is 0 Å². The molecule has 0 bridgehead atoms. The second kappa shape index (κ2) is 3.69. The van der Waals surface area contributed by atoms with E-state index in [0.29, 0.717) is 0 Å². The fourth-order valence-electron chi connectivity index (χ4n) is 0.623. The first-order valence-electron chi connectivity index (χ1n) is 2.85. The molecule has 1 heterocycles. The number of alkyl halides is 2. The predicted octanol–water partition coefficient (Wildman–Crippen LogP) is 2.98. The molecular formula is C6H3ClF2INO. The maximum atomic E-state index is 12.1. The summed E-state index contributed by atoms with van der Waals surface area (Å²) in [4.78, 5) is 3.43. The van der Waals surface area contributed by atoms with Crippen molar-refractivity contribution in [3.05, 3.63) is 20.5 Å². The fraction of sp³-hybridized carbons (Fsp3) is 0.167. The molecule has 0 amide bonds. The fourth-order valence-corrected chi connectivity index (χ4v) is 1.27. The first-order valence-corrected chi connectivity index (χ1v) is 4.31. The summed E-state index contributed by atoms with van der Waals surface area (Å²) in [7, 11) is 0. The maximum Gasteiger partial charge on any atom is 0.281 e. The molecule has 6 heteroatoms. The van der Waals surface area contributed by atoms with Crippen LogP contribution in [0.5, 0.6) is 5.75 Å². The van der Waals surface area contributed by atoms with Crippen molar-refractivity contribution in [1.29, 1.82) is 0 Å². The minimum atomic E-state index is -2.72. The summed E-state index contributed by atoms with van der Waals surface area (Å²) < 4.78 is 24.3. The molecule has 0 aromatic carbocycles. The van der Waals surface area contributed by atoms with Crippen LogP contribution in [0, 0.1) is 3.70 Å². The minimum Gasteiger partial charge on any atom is -0.505 e. The highest BCUT2D eigenvalue weighted by Gasteiger charge is 2.16. The number of aromatic hydroxyl groups is 1. The van der Waals surface area contributed by atoms with Gasteiger partial charge in [0.05, 0.1) is 5.02 Å². The molecule has 0 saturated heterocycles. The molecule has 12 heavy (non-hydrogen) atoms. The van der Waals surface area contributed by atoms with E-state index in [1.165, 1.54) is 0 Å². The number of pyridine rings is 1. The largest absolute Gasteiger partial charge is 0.505 e. The van der Waals surface area contributed by atoms with Crippen LogP contribution in [-0.2, 0) is 0 Å². The Kier molecular flexibility index (Phi) is 3.05. The third-order valence-electron chi connectivity index (χ3n) is 1.14. The highest BCUT2D eigenvalue weighted by Crippen LogP contribution is 2.30. The van der Waals surface area contributed by atoms with E-state index in [4.69, 9.17) is 16.7 Å². The van der Waals surface area contributed by atoms with Crippen molar-refractivity contribution in [2.75, 3.05) is 0 Å². The van der Waals surface area contributed by atoms with Crippen molar-refractivity contribution in [1.82, 2.24) is 4.98 Å². The molecule has 0 saturated carbocycles. The van der Waals surface area contributed by atoms with Crippen LogP contribution in [0.2, 0.25) is 5.02 Å². The average molecular weight is 305 g/mol. The van der Waals surface area contributed by atoms with Crippen LogP contribution >= 0.6 is 34.2 Å². The number of hydrogen-bond acceptors (Lipinski definition) is 2. The SMILES string of the molecule is Oc1cc(Cl)c(C(F)F)nc1I. The molecule has 0 aliphatic heterocycles. The number of halogens is 4. The molecule has 0 atom stereocenters. The van der Waals surface area contributed by atoms with Gasteiger partial charge in [0.1, 0.15) is 15.1 Å². The van der Waals surface area contributed by atoms with Crippen LogP contribution in [0.3, 0.4) is 0 Å². The molecule has 0 aliphatic rings. The van der Waals surface area contributed by atoms with E-state index in [0.717, 1.165) is 6.07 Å². The van der Waals surface area contributed by atoms with Gasteiger partial charge < -0.3 is 5.11 Å². The molecular weight excluding hydrogens is 302 g/mol. The van der Waals surface area contributed by atoms with Gasteiger partial charge in [-0.15, -0.1) is 0 Å². The van der Waals surface area contributed by atoms with E-state index in [1.54, 1.807) is 22.6 Å². The Bertz CT molecular complexity index is 308. The van der Waals surface area contributed by atoms with Gasteiger partial charge in [-0.2, -0.15) is 0 Å². The molecule has 66 valence electrons. The Hall–Kier alpha value is -0.170. The molecule has 0 aliphatic carbocycles. The van der Waals surface area contributed by atoms with Crippen molar-refractivity contribution in [2.24, 2.45) is 0 Å². The summed E-state index contributed by atoms with van der Waals surface area (Å²) in [6.45, 7) is 0. The molecule has 1 aromatic heterocycles. The Morgan fingerprint density at radius 3 is 2.67 bits per heavy atom. The number of aromatic nitrogens is 1. The molecule has 0 fully saturated rings. The number of rotatable bonds is 1. The molecule has 0 radical (unpaired) electrons. The van der Waals surface area contributed by atoms with Crippen LogP contribution in [0.1, 0.15) is 12.1 Å². The van der Waals surface area contributed by atoms with Crippen molar-refractivity contribution < 1.29 is 13.9 Å². The number of nitrogens with zero attached hydrogens (tertiary/aromatic N) is 1. The minimum absolute atomic E-state index is 0.118. The van der Waals surface area contributed by atoms with Crippen LogP contribution in [0.25, 0.3) is 0 Å². The standard InChI is InChI=1S/C6H3ClF2INO/c7-2-1-3(12)6(10)11-4(2)5(8)9/h1,5,12H. The molecule has 2 nitrogen and oxygen atoms in total. The normalized spacial score (nSPS) is 10.8. The molecule has 0 spiro atoms. The van der Waals surface area contributed by atoms with Crippen molar-refractivity contribution in [3.8, 4) is 5.75 Å². The maximum absolute atomic E-state index is 12.1. The van der Waals surface area contributed by atoms with Crippen LogP contribution < -0.4 is 0 Å². The van der Waals surface area contributed by atoms with Crippen LogP contribution in [0.4, 0.5) is 8.78 Å². The molecule has 1 N–H and O–H groups in total. The van der Waals surface area contributed by atoms with Crippen LogP contribution in [-0.4, -0.2) is 10.1 Å². The van der Waals surface area contributed by atoms with Gasteiger partial charge >= 0.3 is 0 Å². The summed E-state index contributed by atoms with van der Waals surface area (Å²) in [6.07, 6.45) is -2.72. The van der Waals surface area contributed by atoms with E-state index >= 15 is 0 Å². The zero-order valence-corrected chi connectivity index (χ0v) is 8.47. The second-order valence-corrected chi connectivity index (χ2v) is 3.40. The molecule has 1 aromatic rings. The zero-order valence-electron chi connectivity index (χ0n) is 5.56. The Balaban J connectivity index is 3.23.